The fraction of sp³-hybridized carbons (Fsp3) is 0.714. The van der Waals surface area contributed by atoms with Gasteiger partial charge < -0.3 is 15.0 Å². The largest absolute Gasteiger partial charge is 0.374 e. The third-order valence-corrected chi connectivity index (χ3v) is 2.72. The second-order valence-corrected chi connectivity index (χ2v) is 5.59. The van der Waals surface area contributed by atoms with Crippen molar-refractivity contribution in [3.63, 3.8) is 0 Å². The van der Waals surface area contributed by atoms with E-state index >= 15 is 0 Å². The van der Waals surface area contributed by atoms with Crippen molar-refractivity contribution in [1.82, 2.24) is 4.57 Å². The van der Waals surface area contributed by atoms with Crippen LogP contribution in [0.3, 0.4) is 0 Å². The summed E-state index contributed by atoms with van der Waals surface area (Å²) in [4.78, 5) is 0. The maximum Gasteiger partial charge on any atom is 0.0652 e. The number of hydrogen-bond donors (Lipinski definition) is 1. The Balaban J connectivity index is 2.36. The monoisotopic (exact) mass is 238 g/mol. The van der Waals surface area contributed by atoms with Gasteiger partial charge in [0.25, 0.3) is 0 Å². The van der Waals surface area contributed by atoms with E-state index in [1.807, 2.05) is 0 Å². The summed E-state index contributed by atoms with van der Waals surface area (Å²) in [6.07, 6.45) is 6.26. The average Bonchev–Trinajstić information content (AvgIpc) is 2.63. The van der Waals surface area contributed by atoms with E-state index in [-0.39, 0.29) is 11.6 Å². The number of nitrogens with zero attached hydrogens (tertiary/aromatic N) is 1. The Morgan fingerprint density at radius 2 is 2.12 bits per heavy atom. The van der Waals surface area contributed by atoms with E-state index < -0.39 is 0 Å². The van der Waals surface area contributed by atoms with Gasteiger partial charge >= 0.3 is 0 Å². The summed E-state index contributed by atoms with van der Waals surface area (Å²) in [5.41, 5.74) is 7.20. The minimum atomic E-state index is -0.0550. The van der Waals surface area contributed by atoms with E-state index in [2.05, 4.69) is 50.7 Å². The summed E-state index contributed by atoms with van der Waals surface area (Å²) in [5.74, 6) is 0. The van der Waals surface area contributed by atoms with Gasteiger partial charge in [0.15, 0.2) is 0 Å². The van der Waals surface area contributed by atoms with Crippen LogP contribution in [0.25, 0.3) is 0 Å². The topological polar surface area (TPSA) is 40.2 Å². The summed E-state index contributed by atoms with van der Waals surface area (Å²) in [6.45, 7) is 10.0. The molecule has 98 valence electrons. The molecule has 0 bridgehead atoms. The highest BCUT2D eigenvalue weighted by atomic mass is 16.5. The molecule has 1 atom stereocenters. The lowest BCUT2D eigenvalue weighted by atomic mass is 10.1. The molecule has 0 saturated heterocycles. The van der Waals surface area contributed by atoms with Crippen molar-refractivity contribution in [2.75, 3.05) is 6.61 Å². The molecule has 0 fully saturated rings. The molecule has 0 amide bonds. The Morgan fingerprint density at radius 3 is 2.71 bits per heavy atom. The van der Waals surface area contributed by atoms with E-state index in [0.29, 0.717) is 0 Å². The predicted molar refractivity (Wildman–Crippen MR) is 72.1 cm³/mol. The fourth-order valence-corrected chi connectivity index (χ4v) is 1.65. The van der Waals surface area contributed by atoms with Crippen LogP contribution >= 0.6 is 0 Å². The van der Waals surface area contributed by atoms with Crippen molar-refractivity contribution in [2.45, 2.75) is 58.7 Å². The highest BCUT2D eigenvalue weighted by Gasteiger charge is 2.09. The Hall–Kier alpha value is -0.800. The molecule has 1 heterocycles. The molecule has 0 aliphatic rings. The first-order valence-electron chi connectivity index (χ1n) is 6.45. The zero-order valence-electron chi connectivity index (χ0n) is 11.6. The molecule has 0 aromatic carbocycles. The summed E-state index contributed by atoms with van der Waals surface area (Å²) in [5, 5.41) is 0. The van der Waals surface area contributed by atoms with Crippen molar-refractivity contribution < 1.29 is 4.74 Å². The van der Waals surface area contributed by atoms with Gasteiger partial charge in [-0.2, -0.15) is 0 Å². The van der Waals surface area contributed by atoms with Crippen LogP contribution in [0.15, 0.2) is 18.5 Å². The van der Waals surface area contributed by atoms with Crippen LogP contribution in [0.5, 0.6) is 0 Å². The predicted octanol–water partition coefficient (Wildman–Crippen LogP) is 2.58. The Morgan fingerprint density at radius 1 is 1.41 bits per heavy atom. The Bertz CT molecular complexity index is 325. The Kier molecular flexibility index (Phi) is 5.22. The minimum Gasteiger partial charge on any atom is -0.374 e. The molecule has 0 aliphatic carbocycles. The first-order chi connectivity index (χ1) is 7.90. The van der Waals surface area contributed by atoms with Gasteiger partial charge in [-0.3, -0.25) is 0 Å². The lowest BCUT2D eigenvalue weighted by molar-refractivity contribution is -0.00679. The second-order valence-electron chi connectivity index (χ2n) is 5.59. The van der Waals surface area contributed by atoms with Crippen molar-refractivity contribution in [2.24, 2.45) is 5.73 Å². The maximum absolute atomic E-state index is 5.94. The number of rotatable bonds is 6. The smallest absolute Gasteiger partial charge is 0.0652 e. The van der Waals surface area contributed by atoms with Crippen molar-refractivity contribution in [3.8, 4) is 0 Å². The molecule has 1 aromatic rings. The molecule has 17 heavy (non-hydrogen) atoms. The molecule has 3 heteroatoms. The average molecular weight is 238 g/mol. The fourth-order valence-electron chi connectivity index (χ4n) is 1.65. The standard InChI is InChI=1S/C14H26N2O/c1-5-13(15)10-12-6-7-16(11-12)8-9-17-14(2,3)4/h6-7,11,13H,5,8-10,15H2,1-4H3. The molecule has 0 spiro atoms. The van der Waals surface area contributed by atoms with Crippen LogP contribution in [-0.4, -0.2) is 22.8 Å². The molecule has 3 nitrogen and oxygen atoms in total. The number of aromatic nitrogens is 1. The van der Waals surface area contributed by atoms with E-state index in [4.69, 9.17) is 10.5 Å². The number of ether oxygens (including phenoxy) is 1. The van der Waals surface area contributed by atoms with Gasteiger partial charge in [0, 0.05) is 25.0 Å². The van der Waals surface area contributed by atoms with Crippen LogP contribution < -0.4 is 5.73 Å². The molecule has 0 saturated carbocycles. The summed E-state index contributed by atoms with van der Waals surface area (Å²) in [7, 11) is 0. The van der Waals surface area contributed by atoms with Crippen LogP contribution in [-0.2, 0) is 17.7 Å². The van der Waals surface area contributed by atoms with Gasteiger partial charge in [-0.1, -0.05) is 6.92 Å². The molecule has 1 unspecified atom stereocenters. The van der Waals surface area contributed by atoms with E-state index in [0.717, 1.165) is 26.0 Å². The normalized spacial score (nSPS) is 13.9. The lowest BCUT2D eigenvalue weighted by Gasteiger charge is -2.19. The van der Waals surface area contributed by atoms with Crippen LogP contribution in [0, 0.1) is 0 Å². The van der Waals surface area contributed by atoms with Gasteiger partial charge in [-0.05, 0) is 45.2 Å². The maximum atomic E-state index is 5.94. The second kappa shape index (κ2) is 6.22. The molecule has 2 N–H and O–H groups in total. The molecular formula is C14H26N2O. The van der Waals surface area contributed by atoms with E-state index in [1.165, 1.54) is 5.56 Å². The molecule has 1 aromatic heterocycles. The lowest BCUT2D eigenvalue weighted by Crippen LogP contribution is -2.22. The van der Waals surface area contributed by atoms with Gasteiger partial charge in [0.2, 0.25) is 0 Å². The van der Waals surface area contributed by atoms with Crippen molar-refractivity contribution in [3.05, 3.63) is 24.0 Å². The molecule has 0 radical (unpaired) electrons. The van der Waals surface area contributed by atoms with Crippen molar-refractivity contribution >= 4 is 0 Å². The number of nitrogens with two attached hydrogens (primary N) is 1. The molecular weight excluding hydrogens is 212 g/mol. The summed E-state index contributed by atoms with van der Waals surface area (Å²) < 4.78 is 7.87. The zero-order chi connectivity index (χ0) is 12.9. The number of hydrogen-bond acceptors (Lipinski definition) is 2. The van der Waals surface area contributed by atoms with Gasteiger partial charge in [-0.25, -0.2) is 0 Å². The highest BCUT2D eigenvalue weighted by Crippen LogP contribution is 2.08. The zero-order valence-corrected chi connectivity index (χ0v) is 11.6. The van der Waals surface area contributed by atoms with Crippen LogP contribution in [0.2, 0.25) is 0 Å². The van der Waals surface area contributed by atoms with Gasteiger partial charge in [-0.15, -0.1) is 0 Å². The Labute approximate surface area is 105 Å². The molecule has 0 aliphatic heterocycles. The third-order valence-electron chi connectivity index (χ3n) is 2.72. The minimum absolute atomic E-state index is 0.0550. The highest BCUT2D eigenvalue weighted by molar-refractivity contribution is 5.11. The van der Waals surface area contributed by atoms with Crippen LogP contribution in [0.1, 0.15) is 39.7 Å². The summed E-state index contributed by atoms with van der Waals surface area (Å²) in [6, 6.07) is 2.42. The quantitative estimate of drug-likeness (QED) is 0.827. The van der Waals surface area contributed by atoms with E-state index in [9.17, 15) is 0 Å². The van der Waals surface area contributed by atoms with Crippen LogP contribution in [0.4, 0.5) is 0 Å². The SMILES string of the molecule is CCC(N)Cc1ccn(CCOC(C)(C)C)c1. The van der Waals surface area contributed by atoms with Crippen molar-refractivity contribution in [1.29, 1.82) is 0 Å². The third kappa shape index (κ3) is 5.89. The first-order valence-corrected chi connectivity index (χ1v) is 6.45. The van der Waals surface area contributed by atoms with Gasteiger partial charge in [0.05, 0.1) is 12.2 Å². The van der Waals surface area contributed by atoms with Gasteiger partial charge in [0.1, 0.15) is 0 Å². The first kappa shape index (κ1) is 14.3. The van der Waals surface area contributed by atoms with E-state index in [1.54, 1.807) is 0 Å². The molecule has 1 rings (SSSR count). The summed E-state index contributed by atoms with van der Waals surface area (Å²) >= 11 is 0.